The molecular formula is C24H19NO3. The van der Waals surface area contributed by atoms with E-state index in [-0.39, 0.29) is 16.8 Å². The lowest BCUT2D eigenvalue weighted by Crippen LogP contribution is -2.20. The van der Waals surface area contributed by atoms with Crippen LogP contribution in [-0.2, 0) is 6.54 Å². The van der Waals surface area contributed by atoms with E-state index in [2.05, 4.69) is 0 Å². The van der Waals surface area contributed by atoms with Crippen LogP contribution in [0.2, 0.25) is 0 Å². The number of aromatic nitrogens is 1. The number of ether oxygens (including phenoxy) is 1. The van der Waals surface area contributed by atoms with Crippen LogP contribution in [0.5, 0.6) is 5.75 Å². The summed E-state index contributed by atoms with van der Waals surface area (Å²) in [6, 6.07) is 24.0. The Bertz CT molecular complexity index is 1190. The fraction of sp³-hybridized carbons (Fsp3) is 0.0833. The molecule has 1 heterocycles. The lowest BCUT2D eigenvalue weighted by molar-refractivity contribution is 0.103. The van der Waals surface area contributed by atoms with E-state index in [0.717, 1.165) is 16.8 Å². The van der Waals surface area contributed by atoms with Gasteiger partial charge in [0, 0.05) is 23.7 Å². The quantitative estimate of drug-likeness (QED) is 0.493. The number of carbonyl (C=O) groups excluding carboxylic acids is 1. The monoisotopic (exact) mass is 369 g/mol. The third-order valence-electron chi connectivity index (χ3n) is 4.78. The average Bonchev–Trinajstić information content (AvgIpc) is 2.76. The molecule has 4 rings (SSSR count). The molecular weight excluding hydrogens is 350 g/mol. The largest absolute Gasteiger partial charge is 0.497 e. The van der Waals surface area contributed by atoms with Gasteiger partial charge in [-0.1, -0.05) is 54.6 Å². The molecule has 0 saturated heterocycles. The summed E-state index contributed by atoms with van der Waals surface area (Å²) in [7, 11) is 1.63. The highest BCUT2D eigenvalue weighted by Crippen LogP contribution is 2.18. The molecule has 3 aromatic carbocycles. The van der Waals surface area contributed by atoms with Crippen LogP contribution in [-0.4, -0.2) is 17.5 Å². The molecule has 0 N–H and O–H groups in total. The van der Waals surface area contributed by atoms with Crippen molar-refractivity contribution >= 4 is 16.7 Å². The normalized spacial score (nSPS) is 10.8. The van der Waals surface area contributed by atoms with Gasteiger partial charge in [0.05, 0.1) is 18.2 Å². The first-order valence-electron chi connectivity index (χ1n) is 9.02. The van der Waals surface area contributed by atoms with Gasteiger partial charge in [-0.2, -0.15) is 0 Å². The molecule has 0 amide bonds. The molecule has 0 bridgehead atoms. The molecule has 0 aliphatic rings. The number of methoxy groups -OCH3 is 1. The molecule has 1 aromatic heterocycles. The summed E-state index contributed by atoms with van der Waals surface area (Å²) < 4.78 is 7.17. The molecule has 4 aromatic rings. The van der Waals surface area contributed by atoms with Crippen molar-refractivity contribution in [1.82, 2.24) is 4.57 Å². The topological polar surface area (TPSA) is 48.3 Å². The molecule has 0 saturated carbocycles. The maximum absolute atomic E-state index is 13.0. The summed E-state index contributed by atoms with van der Waals surface area (Å²) >= 11 is 0. The van der Waals surface area contributed by atoms with Crippen LogP contribution < -0.4 is 10.2 Å². The Balaban J connectivity index is 1.84. The fourth-order valence-corrected chi connectivity index (χ4v) is 3.31. The van der Waals surface area contributed by atoms with Gasteiger partial charge in [0.2, 0.25) is 5.43 Å². The molecule has 0 aliphatic heterocycles. The second-order valence-corrected chi connectivity index (χ2v) is 6.56. The standard InChI is InChI=1S/C24H19NO3/c1-28-19-13-11-17(12-14-19)15-25-16-21(23(26)18-7-3-2-4-8-18)24(27)20-9-5-6-10-22(20)25/h2-14,16H,15H2,1H3. The minimum Gasteiger partial charge on any atom is -0.497 e. The zero-order chi connectivity index (χ0) is 19.5. The number of para-hydroxylation sites is 1. The number of hydrogen-bond donors (Lipinski definition) is 0. The SMILES string of the molecule is COc1ccc(Cn2cc(C(=O)c3ccccc3)c(=O)c3ccccc32)cc1. The summed E-state index contributed by atoms with van der Waals surface area (Å²) in [5.41, 5.74) is 2.29. The van der Waals surface area contributed by atoms with E-state index in [4.69, 9.17) is 4.74 Å². The summed E-state index contributed by atoms with van der Waals surface area (Å²) in [6.07, 6.45) is 1.67. The maximum Gasteiger partial charge on any atom is 0.200 e. The van der Waals surface area contributed by atoms with Crippen LogP contribution in [0.25, 0.3) is 10.9 Å². The van der Waals surface area contributed by atoms with Crippen LogP contribution in [0.4, 0.5) is 0 Å². The van der Waals surface area contributed by atoms with E-state index in [0.29, 0.717) is 17.5 Å². The van der Waals surface area contributed by atoms with Gasteiger partial charge in [-0.25, -0.2) is 0 Å². The molecule has 4 heteroatoms. The number of rotatable bonds is 5. The molecule has 4 nitrogen and oxygen atoms in total. The van der Waals surface area contributed by atoms with Gasteiger partial charge in [0.15, 0.2) is 5.78 Å². The first-order chi connectivity index (χ1) is 13.7. The van der Waals surface area contributed by atoms with Gasteiger partial charge in [-0.05, 0) is 29.8 Å². The number of fused-ring (bicyclic) bond motifs is 1. The van der Waals surface area contributed by atoms with Crippen LogP contribution in [0, 0.1) is 0 Å². The third-order valence-corrected chi connectivity index (χ3v) is 4.78. The maximum atomic E-state index is 13.0. The van der Waals surface area contributed by atoms with E-state index in [9.17, 15) is 9.59 Å². The van der Waals surface area contributed by atoms with E-state index < -0.39 is 0 Å². The van der Waals surface area contributed by atoms with Gasteiger partial charge < -0.3 is 9.30 Å². The van der Waals surface area contributed by atoms with Crippen molar-refractivity contribution in [3.05, 3.63) is 112 Å². The van der Waals surface area contributed by atoms with Crippen molar-refractivity contribution in [1.29, 1.82) is 0 Å². The van der Waals surface area contributed by atoms with Crippen molar-refractivity contribution < 1.29 is 9.53 Å². The second-order valence-electron chi connectivity index (χ2n) is 6.56. The number of nitrogens with zero attached hydrogens (tertiary/aromatic N) is 1. The number of ketones is 1. The fourth-order valence-electron chi connectivity index (χ4n) is 3.31. The van der Waals surface area contributed by atoms with Crippen molar-refractivity contribution in [3.63, 3.8) is 0 Å². The second kappa shape index (κ2) is 7.53. The molecule has 0 fully saturated rings. The van der Waals surface area contributed by atoms with Crippen molar-refractivity contribution in [2.24, 2.45) is 0 Å². The smallest absolute Gasteiger partial charge is 0.200 e. The highest BCUT2D eigenvalue weighted by atomic mass is 16.5. The van der Waals surface area contributed by atoms with E-state index in [1.165, 1.54) is 0 Å². The van der Waals surface area contributed by atoms with Gasteiger partial charge in [-0.15, -0.1) is 0 Å². The molecule has 0 spiro atoms. The zero-order valence-corrected chi connectivity index (χ0v) is 15.5. The number of benzene rings is 3. The predicted molar refractivity (Wildman–Crippen MR) is 110 cm³/mol. The van der Waals surface area contributed by atoms with Gasteiger partial charge in [0.25, 0.3) is 0 Å². The molecule has 0 radical (unpaired) electrons. The highest BCUT2D eigenvalue weighted by Gasteiger charge is 2.17. The van der Waals surface area contributed by atoms with E-state index in [1.807, 2.05) is 53.1 Å². The Morgan fingerprint density at radius 3 is 2.29 bits per heavy atom. The summed E-state index contributed by atoms with van der Waals surface area (Å²) in [6.45, 7) is 0.542. The summed E-state index contributed by atoms with van der Waals surface area (Å²) in [5, 5.41) is 0.540. The Morgan fingerprint density at radius 2 is 1.57 bits per heavy atom. The van der Waals surface area contributed by atoms with E-state index in [1.54, 1.807) is 43.6 Å². The van der Waals surface area contributed by atoms with Gasteiger partial charge >= 0.3 is 0 Å². The molecule has 0 atom stereocenters. The summed E-state index contributed by atoms with van der Waals surface area (Å²) in [4.78, 5) is 25.9. The number of hydrogen-bond acceptors (Lipinski definition) is 3. The van der Waals surface area contributed by atoms with Gasteiger partial charge in [0.1, 0.15) is 5.75 Å². The highest BCUT2D eigenvalue weighted by molar-refractivity contribution is 6.10. The molecule has 0 aliphatic carbocycles. The van der Waals surface area contributed by atoms with Crippen LogP contribution in [0.1, 0.15) is 21.5 Å². The molecule has 138 valence electrons. The molecule has 28 heavy (non-hydrogen) atoms. The van der Waals surface area contributed by atoms with Crippen molar-refractivity contribution in [2.45, 2.75) is 6.54 Å². The Morgan fingerprint density at radius 1 is 0.893 bits per heavy atom. The van der Waals surface area contributed by atoms with E-state index >= 15 is 0 Å². The molecule has 0 unspecified atom stereocenters. The minimum atomic E-state index is -0.264. The lowest BCUT2D eigenvalue weighted by atomic mass is 10.0. The first-order valence-corrected chi connectivity index (χ1v) is 9.02. The lowest BCUT2D eigenvalue weighted by Gasteiger charge is -2.14. The van der Waals surface area contributed by atoms with Crippen LogP contribution in [0.3, 0.4) is 0 Å². The van der Waals surface area contributed by atoms with Crippen LogP contribution >= 0.6 is 0 Å². The Labute approximate surface area is 162 Å². The van der Waals surface area contributed by atoms with Crippen molar-refractivity contribution in [2.75, 3.05) is 7.11 Å². The Kier molecular flexibility index (Phi) is 4.77. The summed E-state index contributed by atoms with van der Waals surface area (Å²) in [5.74, 6) is 0.522. The first kappa shape index (κ1) is 17.7. The number of pyridine rings is 1. The van der Waals surface area contributed by atoms with Gasteiger partial charge in [-0.3, -0.25) is 9.59 Å². The number of carbonyl (C=O) groups is 1. The Hall–Kier alpha value is -3.66. The van der Waals surface area contributed by atoms with Crippen molar-refractivity contribution in [3.8, 4) is 5.75 Å². The average molecular weight is 369 g/mol. The van der Waals surface area contributed by atoms with Crippen LogP contribution in [0.15, 0.2) is 89.9 Å². The third kappa shape index (κ3) is 3.32. The minimum absolute atomic E-state index is 0.179. The zero-order valence-electron chi connectivity index (χ0n) is 15.5. The predicted octanol–water partition coefficient (Wildman–Crippen LogP) is 4.29.